The smallest absolute Gasteiger partial charge is 0.146 e. The summed E-state index contributed by atoms with van der Waals surface area (Å²) in [6.07, 6.45) is 7.47. The molecule has 2 rings (SSSR count). The monoisotopic (exact) mass is 148 g/mol. The molecule has 0 spiro atoms. The van der Waals surface area contributed by atoms with Gasteiger partial charge >= 0.3 is 0 Å². The average molecular weight is 148 g/mol. The van der Waals surface area contributed by atoms with E-state index in [1.165, 1.54) is 12.0 Å². The minimum Gasteiger partial charge on any atom is -0.298 e. The van der Waals surface area contributed by atoms with Gasteiger partial charge in [0.25, 0.3) is 0 Å². The molecule has 0 aromatic carbocycles. The van der Waals surface area contributed by atoms with Crippen LogP contribution < -0.4 is 0 Å². The Kier molecular flexibility index (Phi) is 1.45. The minimum atomic E-state index is 0.590. The molecule has 0 amide bonds. The zero-order chi connectivity index (χ0) is 7.84. The van der Waals surface area contributed by atoms with E-state index in [0.717, 1.165) is 24.2 Å². The van der Waals surface area contributed by atoms with Crippen molar-refractivity contribution in [2.75, 3.05) is 0 Å². The molecule has 2 atom stereocenters. The molecule has 0 aromatic rings. The molecular formula is C10H12O. The van der Waals surface area contributed by atoms with Crippen LogP contribution in [0.5, 0.6) is 0 Å². The van der Waals surface area contributed by atoms with Gasteiger partial charge in [0.1, 0.15) is 6.29 Å². The zero-order valence-electron chi connectivity index (χ0n) is 6.71. The van der Waals surface area contributed by atoms with Gasteiger partial charge in [-0.1, -0.05) is 24.6 Å². The number of carbonyl (C=O) groups excluding carboxylic acids is 1. The van der Waals surface area contributed by atoms with E-state index < -0.39 is 0 Å². The summed E-state index contributed by atoms with van der Waals surface area (Å²) >= 11 is 0. The molecule has 11 heavy (non-hydrogen) atoms. The fourth-order valence-electron chi connectivity index (χ4n) is 1.93. The summed E-state index contributed by atoms with van der Waals surface area (Å²) in [7, 11) is 0. The van der Waals surface area contributed by atoms with E-state index in [0.29, 0.717) is 5.92 Å². The maximum Gasteiger partial charge on any atom is 0.146 e. The highest BCUT2D eigenvalue weighted by Gasteiger charge is 2.42. The highest BCUT2D eigenvalue weighted by atomic mass is 16.1. The van der Waals surface area contributed by atoms with Gasteiger partial charge in [-0.05, 0) is 30.3 Å². The van der Waals surface area contributed by atoms with Gasteiger partial charge in [0.15, 0.2) is 0 Å². The second kappa shape index (κ2) is 2.33. The number of aldehydes is 1. The van der Waals surface area contributed by atoms with E-state index in [1.807, 2.05) is 6.08 Å². The van der Waals surface area contributed by atoms with Crippen LogP contribution in [-0.2, 0) is 4.79 Å². The zero-order valence-corrected chi connectivity index (χ0v) is 6.71. The molecule has 1 fully saturated rings. The lowest BCUT2D eigenvalue weighted by Gasteiger charge is -2.07. The molecule has 1 heteroatoms. The molecule has 58 valence electrons. The summed E-state index contributed by atoms with van der Waals surface area (Å²) in [4.78, 5) is 10.5. The number of hydrogen-bond donors (Lipinski definition) is 0. The summed E-state index contributed by atoms with van der Waals surface area (Å²) in [5, 5.41) is 0. The van der Waals surface area contributed by atoms with E-state index in [-0.39, 0.29) is 0 Å². The van der Waals surface area contributed by atoms with Crippen molar-refractivity contribution in [3.05, 3.63) is 23.3 Å². The first-order valence-electron chi connectivity index (χ1n) is 4.22. The first-order chi connectivity index (χ1) is 5.36. The van der Waals surface area contributed by atoms with Crippen LogP contribution in [0.2, 0.25) is 0 Å². The van der Waals surface area contributed by atoms with Crippen LogP contribution >= 0.6 is 0 Å². The third-order valence-electron chi connectivity index (χ3n) is 2.73. The van der Waals surface area contributed by atoms with Crippen LogP contribution in [0.15, 0.2) is 23.3 Å². The topological polar surface area (TPSA) is 17.1 Å². The van der Waals surface area contributed by atoms with Crippen LogP contribution in [0.25, 0.3) is 0 Å². The second-order valence-corrected chi connectivity index (χ2v) is 3.33. The normalized spacial score (nSPS) is 33.5. The predicted molar refractivity (Wildman–Crippen MR) is 44.1 cm³/mol. The van der Waals surface area contributed by atoms with Gasteiger partial charge in [-0.15, -0.1) is 0 Å². The molecule has 0 bridgehead atoms. The Balaban J connectivity index is 2.25. The largest absolute Gasteiger partial charge is 0.298 e. The first kappa shape index (κ1) is 6.84. The van der Waals surface area contributed by atoms with Crippen molar-refractivity contribution < 1.29 is 4.79 Å². The highest BCUT2D eigenvalue weighted by Crippen LogP contribution is 2.51. The van der Waals surface area contributed by atoms with Crippen molar-refractivity contribution in [3.63, 3.8) is 0 Å². The van der Waals surface area contributed by atoms with Crippen molar-refractivity contribution in [1.29, 1.82) is 0 Å². The molecule has 0 aliphatic heterocycles. The van der Waals surface area contributed by atoms with Crippen molar-refractivity contribution >= 4 is 6.29 Å². The number of hydrogen-bond acceptors (Lipinski definition) is 1. The number of allylic oxidation sites excluding steroid dienone is 4. The lowest BCUT2D eigenvalue weighted by Crippen LogP contribution is -1.97. The van der Waals surface area contributed by atoms with E-state index >= 15 is 0 Å². The van der Waals surface area contributed by atoms with Crippen LogP contribution in [0.4, 0.5) is 0 Å². The van der Waals surface area contributed by atoms with Gasteiger partial charge < -0.3 is 0 Å². The molecule has 0 aromatic heterocycles. The van der Waals surface area contributed by atoms with Gasteiger partial charge in [-0.2, -0.15) is 0 Å². The first-order valence-corrected chi connectivity index (χ1v) is 4.22. The van der Waals surface area contributed by atoms with Crippen molar-refractivity contribution in [2.24, 2.45) is 11.8 Å². The maximum absolute atomic E-state index is 10.5. The van der Waals surface area contributed by atoms with E-state index in [4.69, 9.17) is 0 Å². The summed E-state index contributed by atoms with van der Waals surface area (Å²) in [6, 6.07) is 0. The van der Waals surface area contributed by atoms with Crippen LogP contribution in [-0.4, -0.2) is 6.29 Å². The van der Waals surface area contributed by atoms with Gasteiger partial charge in [0.2, 0.25) is 0 Å². The molecule has 2 unspecified atom stereocenters. The highest BCUT2D eigenvalue weighted by molar-refractivity contribution is 5.77. The van der Waals surface area contributed by atoms with Gasteiger partial charge in [0.05, 0.1) is 0 Å². The van der Waals surface area contributed by atoms with Gasteiger partial charge in [0, 0.05) is 0 Å². The summed E-state index contributed by atoms with van der Waals surface area (Å²) in [5.41, 5.74) is 2.54. The van der Waals surface area contributed by atoms with E-state index in [1.54, 1.807) is 0 Å². The summed E-state index contributed by atoms with van der Waals surface area (Å²) < 4.78 is 0. The van der Waals surface area contributed by atoms with Crippen molar-refractivity contribution in [3.8, 4) is 0 Å². The molecule has 0 N–H and O–H groups in total. The van der Waals surface area contributed by atoms with Crippen LogP contribution in [0.3, 0.4) is 0 Å². The quantitative estimate of drug-likeness (QED) is 0.548. The SMILES string of the molecule is CCC1=CC=C(C=O)C2CC12. The Morgan fingerprint density at radius 3 is 3.00 bits per heavy atom. The summed E-state index contributed by atoms with van der Waals surface area (Å²) in [5.74, 6) is 1.32. The van der Waals surface area contributed by atoms with Crippen molar-refractivity contribution in [2.45, 2.75) is 19.8 Å². The van der Waals surface area contributed by atoms with E-state index in [2.05, 4.69) is 13.0 Å². The number of rotatable bonds is 2. The fourth-order valence-corrected chi connectivity index (χ4v) is 1.93. The molecule has 0 radical (unpaired) electrons. The predicted octanol–water partition coefficient (Wildman–Crippen LogP) is 2.10. The molecular weight excluding hydrogens is 136 g/mol. The second-order valence-electron chi connectivity index (χ2n) is 3.33. The maximum atomic E-state index is 10.5. The summed E-state index contributed by atoms with van der Waals surface area (Å²) in [6.45, 7) is 2.18. The molecule has 2 aliphatic carbocycles. The number of fused-ring (bicyclic) bond motifs is 1. The lowest BCUT2D eigenvalue weighted by molar-refractivity contribution is -0.105. The number of carbonyl (C=O) groups is 1. The molecule has 1 nitrogen and oxygen atoms in total. The molecule has 0 heterocycles. The van der Waals surface area contributed by atoms with Crippen molar-refractivity contribution in [1.82, 2.24) is 0 Å². The molecule has 0 saturated heterocycles. The Labute approximate surface area is 66.8 Å². The fraction of sp³-hybridized carbons (Fsp3) is 0.500. The Hall–Kier alpha value is -0.850. The Bertz CT molecular complexity index is 248. The standard InChI is InChI=1S/C10H12O/c1-2-7-3-4-8(6-11)10-5-9(7)10/h3-4,6,9-10H,2,5H2,1H3. The minimum absolute atomic E-state index is 0.590. The third-order valence-corrected chi connectivity index (χ3v) is 2.73. The third kappa shape index (κ3) is 0.953. The van der Waals surface area contributed by atoms with Crippen LogP contribution in [0, 0.1) is 11.8 Å². The lowest BCUT2D eigenvalue weighted by atomic mass is 9.98. The molecule has 1 saturated carbocycles. The average Bonchev–Trinajstić information content (AvgIpc) is 2.81. The van der Waals surface area contributed by atoms with Gasteiger partial charge in [-0.25, -0.2) is 0 Å². The van der Waals surface area contributed by atoms with Crippen LogP contribution in [0.1, 0.15) is 19.8 Å². The Morgan fingerprint density at radius 2 is 2.36 bits per heavy atom. The molecule has 2 aliphatic rings. The van der Waals surface area contributed by atoms with Gasteiger partial charge in [-0.3, -0.25) is 4.79 Å². The Morgan fingerprint density at radius 1 is 1.55 bits per heavy atom. The van der Waals surface area contributed by atoms with E-state index in [9.17, 15) is 4.79 Å².